The zero-order chi connectivity index (χ0) is 18.9. The van der Waals surface area contributed by atoms with Crippen molar-refractivity contribution >= 4 is 41.7 Å². The number of rotatable bonds is 9. The second-order valence-corrected chi connectivity index (χ2v) is 7.56. The number of nitrogens with one attached hydrogen (secondary N) is 2. The molecule has 6 nitrogen and oxygen atoms in total. The number of aliphatic imine (C=N–C) groups is 1. The lowest BCUT2D eigenvalue weighted by atomic mass is 10.2. The summed E-state index contributed by atoms with van der Waals surface area (Å²) in [5.41, 5.74) is 0.982. The molecule has 0 unspecified atom stereocenters. The molecule has 0 amide bonds. The lowest BCUT2D eigenvalue weighted by molar-refractivity contribution is 0.324. The molecule has 0 bridgehead atoms. The third-order valence-electron chi connectivity index (χ3n) is 3.72. The average Bonchev–Trinajstić information content (AvgIpc) is 2.62. The van der Waals surface area contributed by atoms with Crippen LogP contribution in [0.15, 0.2) is 17.1 Å². The first-order valence-electron chi connectivity index (χ1n) is 8.27. The first kappa shape index (κ1) is 25.0. The van der Waals surface area contributed by atoms with Crippen LogP contribution >= 0.6 is 35.7 Å². The van der Waals surface area contributed by atoms with Crippen LogP contribution in [0.5, 0.6) is 17.2 Å². The number of hydrogen-bond donors (Lipinski definition) is 2. The third kappa shape index (κ3) is 7.69. The zero-order valence-corrected chi connectivity index (χ0v) is 19.9. The minimum absolute atomic E-state index is 0. The van der Waals surface area contributed by atoms with Gasteiger partial charge in [-0.2, -0.15) is 11.8 Å². The number of benzene rings is 1. The van der Waals surface area contributed by atoms with E-state index in [0.29, 0.717) is 23.8 Å². The number of thioether (sulfide) groups is 1. The molecule has 0 aliphatic heterocycles. The normalized spacial score (nSPS) is 11.4. The van der Waals surface area contributed by atoms with Gasteiger partial charge in [0.25, 0.3) is 0 Å². The van der Waals surface area contributed by atoms with E-state index in [-0.39, 0.29) is 28.7 Å². The van der Waals surface area contributed by atoms with Crippen LogP contribution in [0.2, 0.25) is 0 Å². The fraction of sp³-hybridized carbons (Fsp3) is 0.611. The molecule has 26 heavy (non-hydrogen) atoms. The van der Waals surface area contributed by atoms with Crippen LogP contribution in [0, 0.1) is 0 Å². The van der Waals surface area contributed by atoms with Crippen LogP contribution in [0.3, 0.4) is 0 Å². The molecule has 0 aliphatic carbocycles. The van der Waals surface area contributed by atoms with E-state index in [1.165, 1.54) is 0 Å². The predicted molar refractivity (Wildman–Crippen MR) is 122 cm³/mol. The highest BCUT2D eigenvalue weighted by atomic mass is 127. The maximum Gasteiger partial charge on any atom is 0.203 e. The third-order valence-corrected chi connectivity index (χ3v) is 4.97. The zero-order valence-electron chi connectivity index (χ0n) is 16.8. The molecule has 1 aromatic rings. The number of nitrogens with zero attached hydrogens (tertiary/aromatic N) is 1. The van der Waals surface area contributed by atoms with Gasteiger partial charge in [-0.1, -0.05) is 0 Å². The van der Waals surface area contributed by atoms with Gasteiger partial charge in [-0.15, -0.1) is 24.0 Å². The highest BCUT2D eigenvalue weighted by Gasteiger charge is 2.16. The Morgan fingerprint density at radius 3 is 2.08 bits per heavy atom. The molecule has 0 heterocycles. The highest BCUT2D eigenvalue weighted by molar-refractivity contribution is 14.0. The molecule has 0 aliphatic rings. The molecule has 0 fully saturated rings. The van der Waals surface area contributed by atoms with Crippen molar-refractivity contribution in [1.82, 2.24) is 10.6 Å². The van der Waals surface area contributed by atoms with E-state index in [1.807, 2.05) is 23.9 Å². The van der Waals surface area contributed by atoms with Crippen LogP contribution in [0.1, 0.15) is 26.3 Å². The van der Waals surface area contributed by atoms with Crippen molar-refractivity contribution in [1.29, 1.82) is 0 Å². The molecule has 1 aromatic carbocycles. The molecule has 0 atom stereocenters. The molecule has 2 N–H and O–H groups in total. The largest absolute Gasteiger partial charge is 0.493 e. The highest BCUT2D eigenvalue weighted by Crippen LogP contribution is 2.38. The first-order chi connectivity index (χ1) is 11.9. The van der Waals surface area contributed by atoms with Crippen molar-refractivity contribution in [2.75, 3.05) is 40.7 Å². The molecule has 0 saturated carbocycles. The Labute approximate surface area is 178 Å². The predicted octanol–water partition coefficient (Wildman–Crippen LogP) is 3.53. The van der Waals surface area contributed by atoms with Crippen molar-refractivity contribution < 1.29 is 14.2 Å². The van der Waals surface area contributed by atoms with E-state index in [9.17, 15) is 0 Å². The molecular weight excluding hydrogens is 465 g/mol. The van der Waals surface area contributed by atoms with Crippen LogP contribution in [-0.4, -0.2) is 51.4 Å². The van der Waals surface area contributed by atoms with E-state index in [4.69, 9.17) is 14.2 Å². The van der Waals surface area contributed by atoms with E-state index in [2.05, 4.69) is 42.7 Å². The van der Waals surface area contributed by atoms with Gasteiger partial charge in [-0.3, -0.25) is 0 Å². The maximum absolute atomic E-state index is 5.39. The monoisotopic (exact) mass is 497 g/mol. The molecule has 0 saturated heterocycles. The Morgan fingerprint density at radius 2 is 1.65 bits per heavy atom. The SMILES string of the molecule is CCNC(=NCc1cc(OC)c(OC)c(OC)c1)NCC(C)(C)SC.I. The maximum atomic E-state index is 5.39. The molecule has 0 aromatic heterocycles. The number of ether oxygens (including phenoxy) is 3. The summed E-state index contributed by atoms with van der Waals surface area (Å²) in [6.07, 6.45) is 2.11. The van der Waals surface area contributed by atoms with Crippen LogP contribution in [0.4, 0.5) is 0 Å². The summed E-state index contributed by atoms with van der Waals surface area (Å²) in [7, 11) is 4.82. The topological polar surface area (TPSA) is 64.1 Å². The van der Waals surface area contributed by atoms with Gasteiger partial charge in [-0.25, -0.2) is 4.99 Å². The van der Waals surface area contributed by atoms with Crippen molar-refractivity contribution in [3.05, 3.63) is 17.7 Å². The van der Waals surface area contributed by atoms with Crippen molar-refractivity contribution in [2.24, 2.45) is 4.99 Å². The molecular formula is C18H32IN3O3S. The van der Waals surface area contributed by atoms with Gasteiger partial charge in [0.1, 0.15) is 0 Å². The Bertz CT molecular complexity index is 558. The van der Waals surface area contributed by atoms with Crippen LogP contribution < -0.4 is 24.8 Å². The quantitative estimate of drug-likeness (QED) is 0.309. The van der Waals surface area contributed by atoms with Crippen molar-refractivity contribution in [3.63, 3.8) is 0 Å². The molecule has 0 spiro atoms. The number of halogens is 1. The second-order valence-electron chi connectivity index (χ2n) is 6.05. The summed E-state index contributed by atoms with van der Waals surface area (Å²) in [6.45, 7) is 8.60. The fourth-order valence-corrected chi connectivity index (χ4v) is 2.32. The van der Waals surface area contributed by atoms with Crippen LogP contribution in [0.25, 0.3) is 0 Å². The number of guanidine groups is 1. The Balaban J connectivity index is 0.00000625. The van der Waals surface area contributed by atoms with Crippen molar-refractivity contribution in [2.45, 2.75) is 32.1 Å². The smallest absolute Gasteiger partial charge is 0.203 e. The Kier molecular flexibility index (Phi) is 11.9. The van der Waals surface area contributed by atoms with Gasteiger partial charge < -0.3 is 24.8 Å². The summed E-state index contributed by atoms with van der Waals surface area (Å²) in [4.78, 5) is 4.66. The van der Waals surface area contributed by atoms with E-state index < -0.39 is 0 Å². The van der Waals surface area contributed by atoms with Crippen LogP contribution in [-0.2, 0) is 6.54 Å². The summed E-state index contributed by atoms with van der Waals surface area (Å²) < 4.78 is 16.3. The van der Waals surface area contributed by atoms with Gasteiger partial charge in [0.2, 0.25) is 5.75 Å². The second kappa shape index (κ2) is 12.4. The fourth-order valence-electron chi connectivity index (χ4n) is 2.11. The summed E-state index contributed by atoms with van der Waals surface area (Å²) in [6, 6.07) is 3.83. The first-order valence-corrected chi connectivity index (χ1v) is 9.49. The minimum Gasteiger partial charge on any atom is -0.493 e. The number of methoxy groups -OCH3 is 3. The minimum atomic E-state index is 0. The van der Waals surface area contributed by atoms with E-state index in [0.717, 1.165) is 24.6 Å². The Hall–Kier alpha value is -1.03. The van der Waals surface area contributed by atoms with Gasteiger partial charge in [0, 0.05) is 17.8 Å². The average molecular weight is 497 g/mol. The molecule has 8 heteroatoms. The number of hydrogen-bond acceptors (Lipinski definition) is 5. The van der Waals surface area contributed by atoms with Gasteiger partial charge in [0.15, 0.2) is 17.5 Å². The summed E-state index contributed by atoms with van der Waals surface area (Å²) in [5.74, 6) is 2.64. The van der Waals surface area contributed by atoms with Gasteiger partial charge in [-0.05, 0) is 44.7 Å². The standard InChI is InChI=1S/C18H31N3O3S.HI/c1-8-19-17(21-12-18(2,3)25-7)20-11-13-9-14(22-4)16(24-6)15(10-13)23-5;/h9-10H,8,11-12H2,1-7H3,(H2,19,20,21);1H. The molecule has 150 valence electrons. The van der Waals surface area contributed by atoms with E-state index >= 15 is 0 Å². The van der Waals surface area contributed by atoms with E-state index in [1.54, 1.807) is 21.3 Å². The molecule has 0 radical (unpaired) electrons. The summed E-state index contributed by atoms with van der Waals surface area (Å²) in [5, 5.41) is 6.66. The lowest BCUT2D eigenvalue weighted by Gasteiger charge is -2.23. The summed E-state index contributed by atoms with van der Waals surface area (Å²) >= 11 is 1.82. The lowest BCUT2D eigenvalue weighted by Crippen LogP contribution is -2.43. The van der Waals surface area contributed by atoms with Crippen molar-refractivity contribution in [3.8, 4) is 17.2 Å². The molecule has 1 rings (SSSR count). The Morgan fingerprint density at radius 1 is 1.08 bits per heavy atom. The van der Waals surface area contributed by atoms with Gasteiger partial charge >= 0.3 is 0 Å². The van der Waals surface area contributed by atoms with Gasteiger partial charge in [0.05, 0.1) is 27.9 Å².